The molecule has 1 aromatic rings. The first-order valence-corrected chi connectivity index (χ1v) is 8.65. The van der Waals surface area contributed by atoms with Crippen LogP contribution in [-0.4, -0.2) is 25.5 Å². The molecule has 0 saturated heterocycles. The van der Waals surface area contributed by atoms with Crippen LogP contribution in [0.25, 0.3) is 0 Å². The summed E-state index contributed by atoms with van der Waals surface area (Å²) in [6, 6.07) is 3.22. The largest absolute Gasteiger partial charge is 0.369 e. The summed E-state index contributed by atoms with van der Waals surface area (Å²) < 4.78 is 28.1. The summed E-state index contributed by atoms with van der Waals surface area (Å²) in [5, 5.41) is 2.99. The van der Waals surface area contributed by atoms with Crippen LogP contribution < -0.4 is 10.0 Å². The van der Waals surface area contributed by atoms with Crippen molar-refractivity contribution in [2.24, 2.45) is 0 Å². The van der Waals surface area contributed by atoms with Crippen LogP contribution in [0.4, 0.5) is 5.82 Å². The smallest absolute Gasteiger partial charge is 0.244 e. The summed E-state index contributed by atoms with van der Waals surface area (Å²) in [4.78, 5) is 4.32. The van der Waals surface area contributed by atoms with Gasteiger partial charge in [-0.15, -0.1) is 0 Å². The molecule has 0 fully saturated rings. The lowest BCUT2D eigenvalue weighted by molar-refractivity contribution is 0.342. The topological polar surface area (TPSA) is 71.1 Å². The third-order valence-corrected chi connectivity index (χ3v) is 5.40. The van der Waals surface area contributed by atoms with Crippen LogP contribution in [-0.2, 0) is 10.0 Å². The van der Waals surface area contributed by atoms with Gasteiger partial charge in [0.1, 0.15) is 10.7 Å². The molecular formula is C14H25N3O2S. The highest BCUT2D eigenvalue weighted by atomic mass is 32.2. The zero-order chi connectivity index (χ0) is 15.2. The summed E-state index contributed by atoms with van der Waals surface area (Å²) >= 11 is 0. The van der Waals surface area contributed by atoms with Crippen LogP contribution in [0.2, 0.25) is 0 Å². The third-order valence-electron chi connectivity index (χ3n) is 3.79. The highest BCUT2D eigenvalue weighted by molar-refractivity contribution is 7.89. The fourth-order valence-corrected chi connectivity index (χ4v) is 3.96. The van der Waals surface area contributed by atoms with Gasteiger partial charge in [0.15, 0.2) is 0 Å². The lowest BCUT2D eigenvalue weighted by atomic mass is 9.91. The van der Waals surface area contributed by atoms with Gasteiger partial charge in [0.25, 0.3) is 0 Å². The molecule has 1 aromatic heterocycles. The van der Waals surface area contributed by atoms with E-state index in [0.717, 1.165) is 19.3 Å². The van der Waals surface area contributed by atoms with Gasteiger partial charge in [-0.3, -0.25) is 0 Å². The molecule has 0 aliphatic heterocycles. The molecule has 2 N–H and O–H groups in total. The van der Waals surface area contributed by atoms with Crippen molar-refractivity contribution in [2.75, 3.05) is 11.9 Å². The molecule has 0 atom stereocenters. The van der Waals surface area contributed by atoms with Crippen molar-refractivity contribution in [3.8, 4) is 0 Å². The normalized spacial score (nSPS) is 12.4. The highest BCUT2D eigenvalue weighted by Gasteiger charge is 2.31. The Morgan fingerprint density at radius 2 is 1.75 bits per heavy atom. The second-order valence-electron chi connectivity index (χ2n) is 4.83. The van der Waals surface area contributed by atoms with Crippen LogP contribution >= 0.6 is 0 Å². The van der Waals surface area contributed by atoms with E-state index in [9.17, 15) is 8.42 Å². The van der Waals surface area contributed by atoms with E-state index in [0.29, 0.717) is 12.4 Å². The molecule has 0 saturated carbocycles. The van der Waals surface area contributed by atoms with Gasteiger partial charge in [-0.05, 0) is 38.3 Å². The summed E-state index contributed by atoms with van der Waals surface area (Å²) in [6.07, 6.45) is 3.87. The molecule has 0 aliphatic rings. The Hall–Kier alpha value is -1.14. The van der Waals surface area contributed by atoms with Crippen LogP contribution in [0.5, 0.6) is 0 Å². The van der Waals surface area contributed by atoms with Gasteiger partial charge in [0.05, 0.1) is 0 Å². The van der Waals surface area contributed by atoms with E-state index in [1.807, 2.05) is 27.7 Å². The molecule has 5 nitrogen and oxygen atoms in total. The van der Waals surface area contributed by atoms with Crippen LogP contribution in [0, 0.1) is 0 Å². The Balaban J connectivity index is 3.17. The fraction of sp³-hybridized carbons (Fsp3) is 0.643. The van der Waals surface area contributed by atoms with Crippen molar-refractivity contribution in [1.29, 1.82) is 0 Å². The van der Waals surface area contributed by atoms with Crippen molar-refractivity contribution < 1.29 is 8.42 Å². The maximum Gasteiger partial charge on any atom is 0.244 e. The first kappa shape index (κ1) is 16.9. The molecule has 6 heteroatoms. The fourth-order valence-electron chi connectivity index (χ4n) is 2.21. The van der Waals surface area contributed by atoms with Crippen LogP contribution in [0.1, 0.15) is 47.0 Å². The first-order valence-electron chi connectivity index (χ1n) is 7.17. The Kier molecular flexibility index (Phi) is 5.95. The van der Waals surface area contributed by atoms with Gasteiger partial charge in [-0.1, -0.05) is 20.8 Å². The third kappa shape index (κ3) is 3.70. The minimum absolute atomic E-state index is 0.210. The zero-order valence-corrected chi connectivity index (χ0v) is 13.5. The average molecular weight is 299 g/mol. The van der Waals surface area contributed by atoms with Gasteiger partial charge in [0, 0.05) is 18.3 Å². The summed E-state index contributed by atoms with van der Waals surface area (Å²) in [6.45, 7) is 8.55. The molecule has 0 aliphatic carbocycles. The van der Waals surface area contributed by atoms with Gasteiger partial charge < -0.3 is 5.32 Å². The average Bonchev–Trinajstić information content (AvgIpc) is 2.46. The van der Waals surface area contributed by atoms with Crippen molar-refractivity contribution in [3.05, 3.63) is 18.3 Å². The van der Waals surface area contributed by atoms with Gasteiger partial charge >= 0.3 is 0 Å². The number of pyridine rings is 1. The van der Waals surface area contributed by atoms with E-state index in [4.69, 9.17) is 0 Å². The predicted molar refractivity (Wildman–Crippen MR) is 82.3 cm³/mol. The number of anilines is 1. The highest BCUT2D eigenvalue weighted by Crippen LogP contribution is 2.25. The van der Waals surface area contributed by atoms with Crippen molar-refractivity contribution in [1.82, 2.24) is 9.71 Å². The van der Waals surface area contributed by atoms with Gasteiger partial charge in [-0.2, -0.15) is 0 Å². The Bertz CT molecular complexity index is 517. The molecule has 0 bridgehead atoms. The number of nitrogens with one attached hydrogen (secondary N) is 2. The number of nitrogens with zero attached hydrogens (tertiary/aromatic N) is 1. The molecule has 0 unspecified atom stereocenters. The molecule has 0 spiro atoms. The molecular weight excluding hydrogens is 274 g/mol. The lowest BCUT2D eigenvalue weighted by Gasteiger charge is -2.31. The molecule has 0 aromatic carbocycles. The minimum atomic E-state index is -3.58. The van der Waals surface area contributed by atoms with Gasteiger partial charge in [0.2, 0.25) is 10.0 Å². The van der Waals surface area contributed by atoms with E-state index < -0.39 is 15.6 Å². The van der Waals surface area contributed by atoms with Crippen molar-refractivity contribution in [2.45, 2.75) is 57.4 Å². The zero-order valence-electron chi connectivity index (χ0n) is 12.7. The maximum atomic E-state index is 12.6. The monoisotopic (exact) mass is 299 g/mol. The van der Waals surface area contributed by atoms with E-state index in [1.54, 1.807) is 18.3 Å². The van der Waals surface area contributed by atoms with E-state index in [2.05, 4.69) is 15.0 Å². The standard InChI is InChI=1S/C14H25N3O2S/c1-5-14(6-2,7-3)17-20(18,19)12-10-9-11-16-13(12)15-8-4/h9-11,17H,5-8H2,1-4H3,(H,15,16). The maximum absolute atomic E-state index is 12.6. The molecule has 1 rings (SSSR count). The Morgan fingerprint density at radius 1 is 1.15 bits per heavy atom. The Morgan fingerprint density at radius 3 is 2.25 bits per heavy atom. The predicted octanol–water partition coefficient (Wildman–Crippen LogP) is 2.76. The van der Waals surface area contributed by atoms with Crippen LogP contribution in [0.3, 0.4) is 0 Å². The quantitative estimate of drug-likeness (QED) is 0.774. The number of hydrogen-bond donors (Lipinski definition) is 2. The summed E-state index contributed by atoms with van der Waals surface area (Å²) in [7, 11) is -3.58. The molecule has 114 valence electrons. The SMILES string of the molecule is CCNc1ncccc1S(=O)(=O)NC(CC)(CC)CC. The molecule has 1 heterocycles. The lowest BCUT2D eigenvalue weighted by Crippen LogP contribution is -2.47. The van der Waals surface area contributed by atoms with E-state index in [1.165, 1.54) is 0 Å². The van der Waals surface area contributed by atoms with Crippen molar-refractivity contribution >= 4 is 15.8 Å². The van der Waals surface area contributed by atoms with Crippen LogP contribution in [0.15, 0.2) is 23.2 Å². The minimum Gasteiger partial charge on any atom is -0.369 e. The molecule has 0 amide bonds. The number of rotatable bonds is 8. The number of aromatic nitrogens is 1. The van der Waals surface area contributed by atoms with E-state index >= 15 is 0 Å². The summed E-state index contributed by atoms with van der Waals surface area (Å²) in [5.74, 6) is 0.403. The van der Waals surface area contributed by atoms with Crippen molar-refractivity contribution in [3.63, 3.8) is 0 Å². The first-order chi connectivity index (χ1) is 9.44. The molecule has 20 heavy (non-hydrogen) atoms. The number of sulfonamides is 1. The second kappa shape index (κ2) is 7.04. The second-order valence-corrected chi connectivity index (χ2v) is 6.48. The summed E-state index contributed by atoms with van der Waals surface area (Å²) in [5.41, 5.74) is -0.391. The Labute approximate surface area is 122 Å². The van der Waals surface area contributed by atoms with E-state index in [-0.39, 0.29) is 4.90 Å². The number of hydrogen-bond acceptors (Lipinski definition) is 4. The molecule has 0 radical (unpaired) electrons. The van der Waals surface area contributed by atoms with Gasteiger partial charge in [-0.25, -0.2) is 18.1 Å².